The first kappa shape index (κ1) is 20.4. The third-order valence-electron chi connectivity index (χ3n) is 5.52. The maximum Gasteiger partial charge on any atom is 0.228 e. The van der Waals surface area contributed by atoms with Crippen molar-refractivity contribution in [3.05, 3.63) is 65.7 Å². The Hall–Kier alpha value is -2.35. The van der Waals surface area contributed by atoms with Gasteiger partial charge in [-0.1, -0.05) is 71.9 Å². The average Bonchev–Trinajstić information content (AvgIpc) is 2.58. The van der Waals surface area contributed by atoms with Gasteiger partial charge in [0.15, 0.2) is 0 Å². The minimum absolute atomic E-state index is 0.0744. The van der Waals surface area contributed by atoms with Crippen LogP contribution in [-0.2, 0) is 22.0 Å². The summed E-state index contributed by atoms with van der Waals surface area (Å²) in [5.41, 5.74) is 7.42. The van der Waals surface area contributed by atoms with E-state index in [4.69, 9.17) is 0 Å². The molecular weight excluding hydrogens is 342 g/mol. The number of amides is 1. The highest BCUT2D eigenvalue weighted by Crippen LogP contribution is 2.36. The predicted octanol–water partition coefficient (Wildman–Crippen LogP) is 6.41. The summed E-state index contributed by atoms with van der Waals surface area (Å²) in [6.07, 6.45) is 3.37. The molecule has 0 aromatic heterocycles. The molecule has 0 N–H and O–H groups in total. The van der Waals surface area contributed by atoms with E-state index in [1.54, 1.807) is 0 Å². The summed E-state index contributed by atoms with van der Waals surface area (Å²) in [4.78, 5) is 13.9. The first-order chi connectivity index (χ1) is 13.0. The molecule has 0 saturated carbocycles. The molecule has 3 rings (SSSR count). The van der Waals surface area contributed by atoms with Gasteiger partial charge in [-0.15, -0.1) is 6.58 Å². The van der Waals surface area contributed by atoms with Gasteiger partial charge in [0.25, 0.3) is 0 Å². The van der Waals surface area contributed by atoms with Gasteiger partial charge in [-0.2, -0.15) is 0 Å². The van der Waals surface area contributed by atoms with E-state index in [-0.39, 0.29) is 16.7 Å². The van der Waals surface area contributed by atoms with Gasteiger partial charge in [-0.3, -0.25) is 4.79 Å². The summed E-state index contributed by atoms with van der Waals surface area (Å²) in [6.45, 7) is 18.3. The zero-order valence-corrected chi connectivity index (χ0v) is 18.2. The normalized spacial score (nSPS) is 14.8. The molecule has 1 saturated heterocycles. The topological polar surface area (TPSA) is 20.3 Å². The van der Waals surface area contributed by atoms with Crippen molar-refractivity contribution in [1.82, 2.24) is 0 Å². The lowest BCUT2D eigenvalue weighted by Crippen LogP contribution is -2.43. The van der Waals surface area contributed by atoms with Crippen LogP contribution in [0.3, 0.4) is 0 Å². The van der Waals surface area contributed by atoms with E-state index in [1.165, 1.54) is 27.8 Å². The van der Waals surface area contributed by atoms with Gasteiger partial charge >= 0.3 is 0 Å². The number of hydrogen-bond acceptors (Lipinski definition) is 1. The Bertz CT molecular complexity index is 877. The zero-order chi connectivity index (χ0) is 20.7. The number of carbonyl (C=O) groups excluding carboxylic acids is 1. The Morgan fingerprint density at radius 2 is 1.46 bits per heavy atom. The number of nitrogens with zero attached hydrogens (tertiary/aromatic N) is 1. The lowest BCUT2D eigenvalue weighted by molar-refractivity contribution is -0.122. The smallest absolute Gasteiger partial charge is 0.228 e. The second kappa shape index (κ2) is 7.24. The van der Waals surface area contributed by atoms with Crippen LogP contribution in [0.1, 0.15) is 64.7 Å². The third-order valence-corrected chi connectivity index (χ3v) is 5.52. The van der Waals surface area contributed by atoms with Crippen LogP contribution in [0, 0.1) is 0 Å². The molecule has 2 heteroatoms. The molecule has 0 bridgehead atoms. The summed E-state index contributed by atoms with van der Waals surface area (Å²) in [5.74, 6) is 0.209. The third kappa shape index (κ3) is 4.22. The Balaban J connectivity index is 2.18. The van der Waals surface area contributed by atoms with Crippen molar-refractivity contribution in [2.75, 3.05) is 11.4 Å². The Kier molecular flexibility index (Phi) is 5.27. The number of benzene rings is 2. The van der Waals surface area contributed by atoms with Crippen LogP contribution >= 0.6 is 0 Å². The van der Waals surface area contributed by atoms with E-state index < -0.39 is 0 Å². The van der Waals surface area contributed by atoms with Crippen LogP contribution in [0.15, 0.2) is 49.1 Å². The SMILES string of the molecule is C=CCc1cc(-c2cc(C(C)(C)C)cc(C(C)(C)C)c2)cc(N2CCC2=O)c1. The summed E-state index contributed by atoms with van der Waals surface area (Å²) >= 11 is 0. The molecular formula is C26H33NO. The molecule has 0 radical (unpaired) electrons. The number of hydrogen-bond donors (Lipinski definition) is 0. The minimum atomic E-state index is 0.0744. The highest BCUT2D eigenvalue weighted by atomic mass is 16.2. The van der Waals surface area contributed by atoms with Gasteiger partial charge in [0.1, 0.15) is 0 Å². The molecule has 1 amide bonds. The molecule has 1 aliphatic heterocycles. The Morgan fingerprint density at radius 3 is 1.89 bits per heavy atom. The van der Waals surface area contributed by atoms with Gasteiger partial charge in [-0.05, 0) is 57.2 Å². The summed E-state index contributed by atoms with van der Waals surface area (Å²) in [5, 5.41) is 0. The number of anilines is 1. The standard InChI is InChI=1S/C26H33NO/c1-8-9-18-12-19(16-23(13-18)27-11-10-24(27)28)20-14-21(25(2,3)4)17-22(15-20)26(5,6)7/h8,12-17H,1,9-11H2,2-7H3. The van der Waals surface area contributed by atoms with Crippen LogP contribution in [0.25, 0.3) is 11.1 Å². The molecule has 2 aromatic rings. The molecule has 28 heavy (non-hydrogen) atoms. The first-order valence-corrected chi connectivity index (χ1v) is 10.2. The van der Waals surface area contributed by atoms with Crippen molar-refractivity contribution >= 4 is 11.6 Å². The van der Waals surface area contributed by atoms with Crippen molar-refractivity contribution < 1.29 is 4.79 Å². The number of allylic oxidation sites excluding steroid dienone is 1. The predicted molar refractivity (Wildman–Crippen MR) is 120 cm³/mol. The number of rotatable bonds is 4. The van der Waals surface area contributed by atoms with E-state index in [0.717, 1.165) is 18.7 Å². The Morgan fingerprint density at radius 1 is 0.893 bits per heavy atom. The zero-order valence-electron chi connectivity index (χ0n) is 18.2. The van der Waals surface area contributed by atoms with Gasteiger partial charge in [0.2, 0.25) is 5.91 Å². The van der Waals surface area contributed by atoms with Crippen LogP contribution in [0.4, 0.5) is 5.69 Å². The van der Waals surface area contributed by atoms with E-state index in [0.29, 0.717) is 6.42 Å². The summed E-state index contributed by atoms with van der Waals surface area (Å²) < 4.78 is 0. The molecule has 1 fully saturated rings. The summed E-state index contributed by atoms with van der Waals surface area (Å²) in [6, 6.07) is 13.5. The first-order valence-electron chi connectivity index (χ1n) is 10.2. The number of β-lactam (4-membered cyclic amide) rings is 1. The lowest BCUT2D eigenvalue weighted by atomic mass is 9.79. The van der Waals surface area contributed by atoms with E-state index >= 15 is 0 Å². The van der Waals surface area contributed by atoms with Gasteiger partial charge < -0.3 is 4.90 Å². The van der Waals surface area contributed by atoms with Gasteiger partial charge in [0, 0.05) is 18.7 Å². The van der Waals surface area contributed by atoms with E-state index in [2.05, 4.69) is 84.5 Å². The quantitative estimate of drug-likeness (QED) is 0.446. The molecule has 0 spiro atoms. The molecule has 0 aliphatic carbocycles. The average molecular weight is 376 g/mol. The van der Waals surface area contributed by atoms with Crippen molar-refractivity contribution in [2.24, 2.45) is 0 Å². The van der Waals surface area contributed by atoms with Crippen molar-refractivity contribution in [3.63, 3.8) is 0 Å². The van der Waals surface area contributed by atoms with Crippen LogP contribution in [-0.4, -0.2) is 12.5 Å². The van der Waals surface area contributed by atoms with Crippen molar-refractivity contribution in [3.8, 4) is 11.1 Å². The second-order valence-corrected chi connectivity index (χ2v) is 9.98. The fraction of sp³-hybridized carbons (Fsp3) is 0.423. The van der Waals surface area contributed by atoms with Crippen LogP contribution in [0.2, 0.25) is 0 Å². The Labute approximate surface area is 170 Å². The molecule has 1 aliphatic rings. The fourth-order valence-electron chi connectivity index (χ4n) is 3.53. The summed E-state index contributed by atoms with van der Waals surface area (Å²) in [7, 11) is 0. The number of carbonyl (C=O) groups is 1. The van der Waals surface area contributed by atoms with Crippen LogP contribution < -0.4 is 4.90 Å². The molecule has 0 atom stereocenters. The second-order valence-electron chi connectivity index (χ2n) is 9.98. The largest absolute Gasteiger partial charge is 0.312 e. The monoisotopic (exact) mass is 375 g/mol. The van der Waals surface area contributed by atoms with Gasteiger partial charge in [-0.25, -0.2) is 0 Å². The highest BCUT2D eigenvalue weighted by molar-refractivity contribution is 6.00. The minimum Gasteiger partial charge on any atom is -0.312 e. The van der Waals surface area contributed by atoms with Crippen molar-refractivity contribution in [2.45, 2.75) is 65.2 Å². The van der Waals surface area contributed by atoms with Crippen LogP contribution in [0.5, 0.6) is 0 Å². The maximum absolute atomic E-state index is 12.0. The molecule has 148 valence electrons. The fourth-order valence-corrected chi connectivity index (χ4v) is 3.53. The molecule has 2 nitrogen and oxygen atoms in total. The van der Waals surface area contributed by atoms with Crippen molar-refractivity contribution in [1.29, 1.82) is 0 Å². The molecule has 2 aromatic carbocycles. The lowest BCUT2D eigenvalue weighted by Gasteiger charge is -2.31. The molecule has 1 heterocycles. The van der Waals surface area contributed by atoms with E-state index in [9.17, 15) is 4.79 Å². The molecule has 0 unspecified atom stereocenters. The maximum atomic E-state index is 12.0. The highest BCUT2D eigenvalue weighted by Gasteiger charge is 2.26. The van der Waals surface area contributed by atoms with Gasteiger partial charge in [0.05, 0.1) is 0 Å². The van der Waals surface area contributed by atoms with E-state index in [1.807, 2.05) is 11.0 Å².